The summed E-state index contributed by atoms with van der Waals surface area (Å²) in [6.07, 6.45) is 5.54. The molecule has 1 aliphatic carbocycles. The number of guanidine groups is 1. The molecule has 2 heterocycles. The molecule has 3 aliphatic rings. The molecular formula is C11H19N3. The largest absolute Gasteiger partial charge is 0.346 e. The van der Waals surface area contributed by atoms with E-state index in [0.717, 1.165) is 12.0 Å². The lowest BCUT2D eigenvalue weighted by atomic mass is 10.1. The molecule has 3 heteroatoms. The van der Waals surface area contributed by atoms with E-state index in [1.165, 1.54) is 51.3 Å². The van der Waals surface area contributed by atoms with Crippen LogP contribution >= 0.6 is 0 Å². The normalized spacial score (nSPS) is 29.6. The van der Waals surface area contributed by atoms with Gasteiger partial charge in [0.25, 0.3) is 0 Å². The molecule has 0 radical (unpaired) electrons. The number of likely N-dealkylation sites (tertiary alicyclic amines) is 1. The fourth-order valence-corrected chi connectivity index (χ4v) is 2.74. The standard InChI is InChI=1S/C11H19N3/c1-13-7-2-6-12-10(13)14-8-5-11(9-14)3-4-11/h2-9H2,1H3. The first-order chi connectivity index (χ1) is 6.79. The highest BCUT2D eigenvalue weighted by Crippen LogP contribution is 2.52. The fraction of sp³-hybridized carbons (Fsp3) is 0.909. The van der Waals surface area contributed by atoms with Crippen molar-refractivity contribution in [2.24, 2.45) is 10.4 Å². The van der Waals surface area contributed by atoms with Crippen molar-refractivity contribution in [2.45, 2.75) is 25.7 Å². The van der Waals surface area contributed by atoms with Crippen LogP contribution in [0.4, 0.5) is 0 Å². The topological polar surface area (TPSA) is 18.8 Å². The predicted molar refractivity (Wildman–Crippen MR) is 57.4 cm³/mol. The molecule has 0 atom stereocenters. The van der Waals surface area contributed by atoms with Gasteiger partial charge in [0.1, 0.15) is 0 Å². The molecular weight excluding hydrogens is 174 g/mol. The smallest absolute Gasteiger partial charge is 0.196 e. The second-order valence-electron chi connectivity index (χ2n) is 5.13. The average Bonchev–Trinajstić information content (AvgIpc) is 2.79. The number of hydrogen-bond donors (Lipinski definition) is 0. The molecule has 3 nitrogen and oxygen atoms in total. The number of aliphatic imine (C=N–C) groups is 1. The van der Waals surface area contributed by atoms with Crippen LogP contribution in [0.1, 0.15) is 25.7 Å². The van der Waals surface area contributed by atoms with E-state index in [2.05, 4.69) is 21.8 Å². The van der Waals surface area contributed by atoms with Crippen molar-refractivity contribution in [2.75, 3.05) is 33.2 Å². The van der Waals surface area contributed by atoms with Crippen molar-refractivity contribution in [1.82, 2.24) is 9.80 Å². The molecule has 0 aromatic carbocycles. The summed E-state index contributed by atoms with van der Waals surface area (Å²) in [6.45, 7) is 4.73. The molecule has 0 aromatic heterocycles. The summed E-state index contributed by atoms with van der Waals surface area (Å²) < 4.78 is 0. The fourth-order valence-electron chi connectivity index (χ4n) is 2.74. The minimum atomic E-state index is 0.723. The maximum absolute atomic E-state index is 4.65. The Labute approximate surface area is 85.8 Å². The number of nitrogens with zero attached hydrogens (tertiary/aromatic N) is 3. The Hall–Kier alpha value is -0.730. The molecule has 0 unspecified atom stereocenters. The van der Waals surface area contributed by atoms with E-state index >= 15 is 0 Å². The van der Waals surface area contributed by atoms with E-state index in [0.29, 0.717) is 0 Å². The lowest BCUT2D eigenvalue weighted by Gasteiger charge is -2.31. The highest BCUT2D eigenvalue weighted by molar-refractivity contribution is 5.80. The van der Waals surface area contributed by atoms with Crippen LogP contribution in [-0.2, 0) is 0 Å². The molecule has 14 heavy (non-hydrogen) atoms. The molecule has 1 spiro atoms. The van der Waals surface area contributed by atoms with Gasteiger partial charge in [0.2, 0.25) is 0 Å². The van der Waals surface area contributed by atoms with E-state index in [9.17, 15) is 0 Å². The maximum Gasteiger partial charge on any atom is 0.196 e. The second kappa shape index (κ2) is 2.88. The van der Waals surface area contributed by atoms with Gasteiger partial charge in [-0.2, -0.15) is 0 Å². The lowest BCUT2D eigenvalue weighted by molar-refractivity contribution is 0.357. The third-order valence-corrected chi connectivity index (χ3v) is 3.92. The van der Waals surface area contributed by atoms with Gasteiger partial charge in [-0.1, -0.05) is 0 Å². The van der Waals surface area contributed by atoms with Crippen LogP contribution in [0.2, 0.25) is 0 Å². The molecule has 1 saturated carbocycles. The predicted octanol–water partition coefficient (Wildman–Crippen LogP) is 1.16. The second-order valence-corrected chi connectivity index (χ2v) is 5.13. The zero-order valence-corrected chi connectivity index (χ0v) is 9.00. The van der Waals surface area contributed by atoms with Gasteiger partial charge < -0.3 is 9.80 Å². The van der Waals surface area contributed by atoms with Crippen LogP contribution < -0.4 is 0 Å². The van der Waals surface area contributed by atoms with Crippen LogP contribution in [0.15, 0.2) is 4.99 Å². The lowest BCUT2D eigenvalue weighted by Crippen LogP contribution is -2.44. The Morgan fingerprint density at radius 2 is 2.07 bits per heavy atom. The summed E-state index contributed by atoms with van der Waals surface area (Å²) in [5, 5.41) is 0. The summed E-state index contributed by atoms with van der Waals surface area (Å²) in [6, 6.07) is 0. The third kappa shape index (κ3) is 1.30. The highest BCUT2D eigenvalue weighted by Gasteiger charge is 2.48. The van der Waals surface area contributed by atoms with Gasteiger partial charge in [-0.25, -0.2) is 0 Å². The van der Waals surface area contributed by atoms with Crippen LogP contribution in [0.5, 0.6) is 0 Å². The molecule has 3 rings (SSSR count). The minimum Gasteiger partial charge on any atom is -0.346 e. The van der Waals surface area contributed by atoms with Crippen molar-refractivity contribution < 1.29 is 0 Å². The first-order valence-electron chi connectivity index (χ1n) is 5.80. The monoisotopic (exact) mass is 193 g/mol. The Balaban J connectivity index is 1.72. The summed E-state index contributed by atoms with van der Waals surface area (Å²) >= 11 is 0. The average molecular weight is 193 g/mol. The van der Waals surface area contributed by atoms with E-state index < -0.39 is 0 Å². The highest BCUT2D eigenvalue weighted by atomic mass is 15.4. The van der Waals surface area contributed by atoms with E-state index in [1.807, 2.05) is 0 Å². The molecule has 0 aromatic rings. The molecule has 1 saturated heterocycles. The zero-order chi connectivity index (χ0) is 9.60. The molecule has 0 bridgehead atoms. The SMILES string of the molecule is CN1CCCN=C1N1CCC2(CC2)C1. The first-order valence-corrected chi connectivity index (χ1v) is 5.80. The third-order valence-electron chi connectivity index (χ3n) is 3.92. The van der Waals surface area contributed by atoms with Crippen LogP contribution in [-0.4, -0.2) is 49.0 Å². The Kier molecular flexibility index (Phi) is 1.76. The summed E-state index contributed by atoms with van der Waals surface area (Å²) in [4.78, 5) is 9.48. The van der Waals surface area contributed by atoms with Gasteiger partial charge in [-0.15, -0.1) is 0 Å². The van der Waals surface area contributed by atoms with Crippen molar-refractivity contribution in [3.05, 3.63) is 0 Å². The first kappa shape index (κ1) is 8.57. The molecule has 78 valence electrons. The summed E-state index contributed by atoms with van der Waals surface area (Å²) in [5.41, 5.74) is 0.723. The summed E-state index contributed by atoms with van der Waals surface area (Å²) in [7, 11) is 2.18. The van der Waals surface area contributed by atoms with E-state index in [4.69, 9.17) is 0 Å². The van der Waals surface area contributed by atoms with Gasteiger partial charge in [-0.05, 0) is 31.1 Å². The van der Waals surface area contributed by atoms with E-state index in [1.54, 1.807) is 0 Å². The maximum atomic E-state index is 4.65. The van der Waals surface area contributed by atoms with Crippen molar-refractivity contribution >= 4 is 5.96 Å². The molecule has 2 fully saturated rings. The molecule has 0 N–H and O–H groups in total. The zero-order valence-electron chi connectivity index (χ0n) is 9.00. The Bertz CT molecular complexity index is 268. The van der Waals surface area contributed by atoms with Crippen LogP contribution in [0, 0.1) is 5.41 Å². The van der Waals surface area contributed by atoms with Crippen molar-refractivity contribution in [3.8, 4) is 0 Å². The minimum absolute atomic E-state index is 0.723. The van der Waals surface area contributed by atoms with Crippen molar-refractivity contribution in [3.63, 3.8) is 0 Å². The number of hydrogen-bond acceptors (Lipinski definition) is 3. The van der Waals surface area contributed by atoms with Gasteiger partial charge >= 0.3 is 0 Å². The quantitative estimate of drug-likeness (QED) is 0.575. The molecule has 0 amide bonds. The van der Waals surface area contributed by atoms with Gasteiger partial charge in [0, 0.05) is 33.2 Å². The van der Waals surface area contributed by atoms with E-state index in [-0.39, 0.29) is 0 Å². The summed E-state index contributed by atoms with van der Waals surface area (Å²) in [5.74, 6) is 1.26. The molecule has 2 aliphatic heterocycles. The Morgan fingerprint density at radius 1 is 1.21 bits per heavy atom. The van der Waals surface area contributed by atoms with Crippen LogP contribution in [0.3, 0.4) is 0 Å². The van der Waals surface area contributed by atoms with Gasteiger partial charge in [0.15, 0.2) is 5.96 Å². The van der Waals surface area contributed by atoms with Crippen LogP contribution in [0.25, 0.3) is 0 Å². The van der Waals surface area contributed by atoms with Gasteiger partial charge in [0.05, 0.1) is 0 Å². The number of rotatable bonds is 0. The van der Waals surface area contributed by atoms with Crippen molar-refractivity contribution in [1.29, 1.82) is 0 Å². The Morgan fingerprint density at radius 3 is 2.71 bits per heavy atom. The van der Waals surface area contributed by atoms with Gasteiger partial charge in [-0.3, -0.25) is 4.99 Å².